The van der Waals surface area contributed by atoms with Crippen LogP contribution in [0.3, 0.4) is 0 Å². The molecule has 1 atom stereocenters. The van der Waals surface area contributed by atoms with Crippen molar-refractivity contribution in [2.75, 3.05) is 17.6 Å². The summed E-state index contributed by atoms with van der Waals surface area (Å²) in [6.45, 7) is 2.64. The molecule has 0 aliphatic carbocycles. The smallest absolute Gasteiger partial charge is 0.308 e. The molecule has 0 saturated carbocycles. The highest BCUT2D eigenvalue weighted by atomic mass is 32.2. The van der Waals surface area contributed by atoms with Crippen LogP contribution in [0, 0.1) is 12.7 Å². The van der Waals surface area contributed by atoms with Crippen molar-refractivity contribution in [1.29, 1.82) is 0 Å². The topological polar surface area (TPSA) is 32.3 Å². The number of aryl methyl sites for hydroxylation is 1. The fourth-order valence-corrected chi connectivity index (χ4v) is 3.78. The average Bonchev–Trinajstić information content (AvgIpc) is 2.97. The van der Waals surface area contributed by atoms with Crippen LogP contribution >= 0.6 is 11.8 Å². The summed E-state index contributed by atoms with van der Waals surface area (Å²) in [4.78, 5) is 14.3. The molecular weight excluding hydrogens is 299 g/mol. The van der Waals surface area contributed by atoms with E-state index in [-0.39, 0.29) is 17.2 Å². The van der Waals surface area contributed by atoms with Gasteiger partial charge in [-0.2, -0.15) is 0 Å². The minimum atomic E-state index is -0.274. The second-order valence-electron chi connectivity index (χ2n) is 5.27. The van der Waals surface area contributed by atoms with Crippen molar-refractivity contribution >= 4 is 23.5 Å². The van der Waals surface area contributed by atoms with Crippen LogP contribution in [0.5, 0.6) is 0 Å². The molecule has 1 N–H and O–H groups in total. The third kappa shape index (κ3) is 3.25. The molecule has 1 saturated heterocycles. The summed E-state index contributed by atoms with van der Waals surface area (Å²) < 4.78 is 13.4. The molecular formula is C17H17FN2OS. The third-order valence-electron chi connectivity index (χ3n) is 3.56. The fraction of sp³-hybridized carbons (Fsp3) is 0.235. The van der Waals surface area contributed by atoms with Crippen LogP contribution in [0.15, 0.2) is 48.5 Å². The molecule has 0 bridgehead atoms. The van der Waals surface area contributed by atoms with Crippen molar-refractivity contribution in [1.82, 2.24) is 4.90 Å². The molecule has 2 amide bonds. The lowest BCUT2D eigenvalue weighted by Crippen LogP contribution is -2.34. The number of rotatable bonds is 2. The van der Waals surface area contributed by atoms with Crippen LogP contribution in [0.2, 0.25) is 0 Å². The standard InChI is InChI=1S/C17H17FN2OS/c1-12-4-2-7-15(10-12)19-17(21)20-8-9-22-16(20)13-5-3-6-14(18)11-13/h2-7,10-11,16H,8-9H2,1H3,(H,19,21). The number of carbonyl (C=O) groups is 1. The highest BCUT2D eigenvalue weighted by molar-refractivity contribution is 7.99. The number of hydrogen-bond donors (Lipinski definition) is 1. The molecule has 2 aromatic carbocycles. The zero-order valence-electron chi connectivity index (χ0n) is 12.3. The van der Waals surface area contributed by atoms with Gasteiger partial charge >= 0.3 is 6.03 Å². The summed E-state index contributed by atoms with van der Waals surface area (Å²) in [5, 5.41) is 2.78. The SMILES string of the molecule is Cc1cccc(NC(=O)N2CCSC2c2cccc(F)c2)c1. The maximum atomic E-state index is 13.4. The Hall–Kier alpha value is -2.01. The second kappa shape index (κ2) is 6.40. The van der Waals surface area contributed by atoms with E-state index in [2.05, 4.69) is 5.32 Å². The van der Waals surface area contributed by atoms with Gasteiger partial charge in [0, 0.05) is 18.0 Å². The molecule has 114 valence electrons. The Morgan fingerprint density at radius 3 is 2.86 bits per heavy atom. The van der Waals surface area contributed by atoms with Gasteiger partial charge in [-0.1, -0.05) is 24.3 Å². The van der Waals surface area contributed by atoms with Gasteiger partial charge in [-0.15, -0.1) is 11.8 Å². The Labute approximate surface area is 133 Å². The average molecular weight is 316 g/mol. The van der Waals surface area contributed by atoms with Crippen molar-refractivity contribution in [3.63, 3.8) is 0 Å². The molecule has 1 fully saturated rings. The zero-order chi connectivity index (χ0) is 15.5. The number of nitrogens with zero attached hydrogens (tertiary/aromatic N) is 1. The Kier molecular flexibility index (Phi) is 4.34. The number of anilines is 1. The lowest BCUT2D eigenvalue weighted by molar-refractivity contribution is 0.214. The second-order valence-corrected chi connectivity index (χ2v) is 6.46. The molecule has 1 heterocycles. The summed E-state index contributed by atoms with van der Waals surface area (Å²) in [5.74, 6) is 0.576. The number of carbonyl (C=O) groups excluding carboxylic acids is 1. The van der Waals surface area contributed by atoms with E-state index < -0.39 is 0 Å². The van der Waals surface area contributed by atoms with Crippen molar-refractivity contribution in [2.24, 2.45) is 0 Å². The van der Waals surface area contributed by atoms with E-state index in [1.807, 2.05) is 37.3 Å². The molecule has 22 heavy (non-hydrogen) atoms. The number of urea groups is 1. The lowest BCUT2D eigenvalue weighted by atomic mass is 10.2. The van der Waals surface area contributed by atoms with Gasteiger partial charge in [-0.3, -0.25) is 0 Å². The molecule has 1 aliphatic heterocycles. The van der Waals surface area contributed by atoms with Crippen molar-refractivity contribution in [3.05, 3.63) is 65.5 Å². The van der Waals surface area contributed by atoms with Gasteiger partial charge < -0.3 is 10.2 Å². The first-order chi connectivity index (χ1) is 10.6. The third-order valence-corrected chi connectivity index (χ3v) is 4.82. The highest BCUT2D eigenvalue weighted by Crippen LogP contribution is 2.38. The quantitative estimate of drug-likeness (QED) is 0.890. The number of halogens is 1. The van der Waals surface area contributed by atoms with E-state index in [1.165, 1.54) is 12.1 Å². The number of amides is 2. The Morgan fingerprint density at radius 1 is 1.27 bits per heavy atom. The maximum Gasteiger partial charge on any atom is 0.323 e. The molecule has 0 aromatic heterocycles. The van der Waals surface area contributed by atoms with E-state index in [1.54, 1.807) is 22.7 Å². The molecule has 5 heteroatoms. The van der Waals surface area contributed by atoms with Crippen molar-refractivity contribution < 1.29 is 9.18 Å². The maximum absolute atomic E-state index is 13.4. The summed E-state index contributed by atoms with van der Waals surface area (Å²) in [6.07, 6.45) is 0. The van der Waals surface area contributed by atoms with Gasteiger partial charge in [0.1, 0.15) is 11.2 Å². The van der Waals surface area contributed by atoms with Gasteiger partial charge in [0.05, 0.1) is 0 Å². The molecule has 0 radical (unpaired) electrons. The van der Waals surface area contributed by atoms with E-state index in [0.29, 0.717) is 6.54 Å². The molecule has 0 spiro atoms. The van der Waals surface area contributed by atoms with Gasteiger partial charge in [0.2, 0.25) is 0 Å². The summed E-state index contributed by atoms with van der Waals surface area (Å²) >= 11 is 1.65. The van der Waals surface area contributed by atoms with Gasteiger partial charge in [-0.25, -0.2) is 9.18 Å². The Bertz CT molecular complexity index is 692. The molecule has 1 unspecified atom stereocenters. The van der Waals surface area contributed by atoms with E-state index in [4.69, 9.17) is 0 Å². The molecule has 3 rings (SSSR count). The van der Waals surface area contributed by atoms with Gasteiger partial charge in [0.25, 0.3) is 0 Å². The van der Waals surface area contributed by atoms with E-state index >= 15 is 0 Å². The lowest BCUT2D eigenvalue weighted by Gasteiger charge is -2.24. The van der Waals surface area contributed by atoms with Gasteiger partial charge in [0.15, 0.2) is 0 Å². The van der Waals surface area contributed by atoms with Crippen molar-refractivity contribution in [3.8, 4) is 0 Å². The fourth-order valence-electron chi connectivity index (χ4n) is 2.53. The number of benzene rings is 2. The first-order valence-corrected chi connectivity index (χ1v) is 8.20. The monoisotopic (exact) mass is 316 g/mol. The van der Waals surface area contributed by atoms with Crippen LogP contribution in [0.1, 0.15) is 16.5 Å². The highest BCUT2D eigenvalue weighted by Gasteiger charge is 2.30. The van der Waals surface area contributed by atoms with Crippen LogP contribution < -0.4 is 5.32 Å². The van der Waals surface area contributed by atoms with E-state index in [0.717, 1.165) is 22.6 Å². The predicted octanol–water partition coefficient (Wildman–Crippen LogP) is 4.41. The predicted molar refractivity (Wildman–Crippen MR) is 88.5 cm³/mol. The first-order valence-electron chi connectivity index (χ1n) is 7.15. The molecule has 1 aliphatic rings. The summed E-state index contributed by atoms with van der Waals surface area (Å²) in [6, 6.07) is 14.0. The van der Waals surface area contributed by atoms with Crippen LogP contribution in [-0.4, -0.2) is 23.2 Å². The summed E-state index contributed by atoms with van der Waals surface area (Å²) in [7, 11) is 0. The van der Waals surface area contributed by atoms with Crippen LogP contribution in [0.4, 0.5) is 14.9 Å². The molecule has 3 nitrogen and oxygen atoms in total. The minimum absolute atomic E-state index is 0.138. The zero-order valence-corrected chi connectivity index (χ0v) is 13.1. The first kappa shape index (κ1) is 14.9. The number of nitrogens with one attached hydrogen (secondary N) is 1. The van der Waals surface area contributed by atoms with Crippen LogP contribution in [-0.2, 0) is 0 Å². The van der Waals surface area contributed by atoms with Gasteiger partial charge in [-0.05, 0) is 42.3 Å². The Morgan fingerprint density at radius 2 is 2.09 bits per heavy atom. The largest absolute Gasteiger partial charge is 0.323 e. The van der Waals surface area contributed by atoms with Crippen LogP contribution in [0.25, 0.3) is 0 Å². The minimum Gasteiger partial charge on any atom is -0.308 e. The molecule has 2 aromatic rings. The van der Waals surface area contributed by atoms with E-state index in [9.17, 15) is 9.18 Å². The normalized spacial score (nSPS) is 17.5. The summed E-state index contributed by atoms with van der Waals surface area (Å²) in [5.41, 5.74) is 2.69. The number of thioether (sulfide) groups is 1. The number of hydrogen-bond acceptors (Lipinski definition) is 2. The van der Waals surface area contributed by atoms with Crippen molar-refractivity contribution in [2.45, 2.75) is 12.3 Å². The Balaban J connectivity index is 1.76.